The molecule has 3 nitrogen and oxygen atoms in total. The Balaban J connectivity index is 2.07. The number of ether oxygens (including phenoxy) is 1. The van der Waals surface area contributed by atoms with Crippen LogP contribution in [0.2, 0.25) is 0 Å². The summed E-state index contributed by atoms with van der Waals surface area (Å²) in [5, 5.41) is 0. The van der Waals surface area contributed by atoms with E-state index in [1.807, 2.05) is 13.0 Å². The van der Waals surface area contributed by atoms with Crippen molar-refractivity contribution in [3.05, 3.63) is 59.0 Å². The standard InChI is InChI=1S/C14H15FN2O/c1-10-11(8-16)6-7-14(17-10)18-9-12-4-2-3-5-13(12)15/h2-7H,8-9,16H2,1H3. The van der Waals surface area contributed by atoms with E-state index in [0.29, 0.717) is 18.0 Å². The van der Waals surface area contributed by atoms with Gasteiger partial charge in [0.25, 0.3) is 0 Å². The molecule has 0 unspecified atom stereocenters. The van der Waals surface area contributed by atoms with Crippen LogP contribution in [-0.2, 0) is 13.2 Å². The van der Waals surface area contributed by atoms with Crippen molar-refractivity contribution in [2.45, 2.75) is 20.1 Å². The van der Waals surface area contributed by atoms with Crippen molar-refractivity contribution in [1.82, 2.24) is 4.98 Å². The minimum atomic E-state index is -0.271. The van der Waals surface area contributed by atoms with Gasteiger partial charge in [-0.1, -0.05) is 24.3 Å². The molecule has 0 amide bonds. The summed E-state index contributed by atoms with van der Waals surface area (Å²) in [6.45, 7) is 2.49. The Morgan fingerprint density at radius 3 is 2.61 bits per heavy atom. The van der Waals surface area contributed by atoms with Crippen LogP contribution >= 0.6 is 0 Å². The molecule has 4 heteroatoms. The van der Waals surface area contributed by atoms with Gasteiger partial charge >= 0.3 is 0 Å². The number of aryl methyl sites for hydroxylation is 1. The number of rotatable bonds is 4. The van der Waals surface area contributed by atoms with E-state index in [9.17, 15) is 4.39 Å². The van der Waals surface area contributed by atoms with Gasteiger partial charge < -0.3 is 10.5 Å². The van der Waals surface area contributed by atoms with E-state index < -0.39 is 0 Å². The van der Waals surface area contributed by atoms with Crippen molar-refractivity contribution in [2.24, 2.45) is 5.73 Å². The maximum Gasteiger partial charge on any atom is 0.213 e. The van der Waals surface area contributed by atoms with Crippen molar-refractivity contribution >= 4 is 0 Å². The van der Waals surface area contributed by atoms with Crippen LogP contribution in [0.4, 0.5) is 4.39 Å². The van der Waals surface area contributed by atoms with Crippen LogP contribution in [0, 0.1) is 12.7 Å². The average Bonchev–Trinajstić information content (AvgIpc) is 2.38. The number of benzene rings is 1. The first kappa shape index (κ1) is 12.5. The summed E-state index contributed by atoms with van der Waals surface area (Å²) in [6, 6.07) is 10.1. The summed E-state index contributed by atoms with van der Waals surface area (Å²) in [5.41, 5.74) is 7.89. The molecule has 1 aromatic carbocycles. The molecule has 0 aliphatic carbocycles. The van der Waals surface area contributed by atoms with Crippen LogP contribution in [-0.4, -0.2) is 4.98 Å². The van der Waals surface area contributed by atoms with Gasteiger partial charge in [0.05, 0.1) is 0 Å². The summed E-state index contributed by atoms with van der Waals surface area (Å²) in [7, 11) is 0. The zero-order valence-corrected chi connectivity index (χ0v) is 10.2. The van der Waals surface area contributed by atoms with E-state index in [2.05, 4.69) is 4.98 Å². The fourth-order valence-corrected chi connectivity index (χ4v) is 1.63. The smallest absolute Gasteiger partial charge is 0.213 e. The minimum Gasteiger partial charge on any atom is -0.473 e. The summed E-state index contributed by atoms with van der Waals surface area (Å²) in [6.07, 6.45) is 0. The Labute approximate surface area is 105 Å². The predicted octanol–water partition coefficient (Wildman–Crippen LogP) is 2.57. The number of pyridine rings is 1. The molecule has 2 rings (SSSR count). The average molecular weight is 246 g/mol. The molecule has 0 atom stereocenters. The molecule has 2 N–H and O–H groups in total. The zero-order chi connectivity index (χ0) is 13.0. The fourth-order valence-electron chi connectivity index (χ4n) is 1.63. The number of aromatic nitrogens is 1. The number of nitrogens with zero attached hydrogens (tertiary/aromatic N) is 1. The van der Waals surface area contributed by atoms with Crippen LogP contribution < -0.4 is 10.5 Å². The lowest BCUT2D eigenvalue weighted by atomic mass is 10.2. The molecular weight excluding hydrogens is 231 g/mol. The molecule has 0 saturated heterocycles. The van der Waals surface area contributed by atoms with E-state index >= 15 is 0 Å². The molecule has 1 heterocycles. The summed E-state index contributed by atoms with van der Waals surface area (Å²) < 4.78 is 18.8. The Morgan fingerprint density at radius 1 is 1.17 bits per heavy atom. The van der Waals surface area contributed by atoms with Crippen LogP contribution in [0.3, 0.4) is 0 Å². The highest BCUT2D eigenvalue weighted by atomic mass is 19.1. The minimum absolute atomic E-state index is 0.168. The molecule has 2 aromatic rings. The van der Waals surface area contributed by atoms with E-state index in [0.717, 1.165) is 11.3 Å². The van der Waals surface area contributed by atoms with E-state index in [1.165, 1.54) is 6.07 Å². The summed E-state index contributed by atoms with van der Waals surface area (Å²) in [4.78, 5) is 4.26. The summed E-state index contributed by atoms with van der Waals surface area (Å²) in [5.74, 6) is 0.209. The molecule has 1 aromatic heterocycles. The summed E-state index contributed by atoms with van der Waals surface area (Å²) >= 11 is 0. The molecule has 18 heavy (non-hydrogen) atoms. The number of halogens is 1. The molecule has 0 aliphatic rings. The first-order valence-corrected chi connectivity index (χ1v) is 5.73. The molecule has 0 spiro atoms. The Kier molecular flexibility index (Phi) is 3.89. The van der Waals surface area contributed by atoms with Gasteiger partial charge in [0, 0.05) is 23.9 Å². The van der Waals surface area contributed by atoms with Gasteiger partial charge in [0.1, 0.15) is 12.4 Å². The molecule has 0 aliphatic heterocycles. The van der Waals surface area contributed by atoms with Crippen molar-refractivity contribution in [2.75, 3.05) is 0 Å². The Bertz CT molecular complexity index is 543. The Hall–Kier alpha value is -1.94. The lowest BCUT2D eigenvalue weighted by Gasteiger charge is -2.08. The first-order valence-electron chi connectivity index (χ1n) is 5.73. The largest absolute Gasteiger partial charge is 0.473 e. The third-order valence-corrected chi connectivity index (χ3v) is 2.72. The lowest BCUT2D eigenvalue weighted by molar-refractivity contribution is 0.287. The van der Waals surface area contributed by atoms with Crippen molar-refractivity contribution < 1.29 is 9.13 Å². The molecule has 0 radical (unpaired) electrons. The third kappa shape index (κ3) is 2.84. The zero-order valence-electron chi connectivity index (χ0n) is 10.2. The highest BCUT2D eigenvalue weighted by Gasteiger charge is 2.04. The van der Waals surface area contributed by atoms with Gasteiger partial charge in [-0.3, -0.25) is 0 Å². The predicted molar refractivity (Wildman–Crippen MR) is 67.6 cm³/mol. The van der Waals surface area contributed by atoms with Gasteiger partial charge in [-0.25, -0.2) is 9.37 Å². The van der Waals surface area contributed by atoms with Crippen LogP contribution in [0.1, 0.15) is 16.8 Å². The quantitative estimate of drug-likeness (QED) is 0.902. The monoisotopic (exact) mass is 246 g/mol. The first-order chi connectivity index (χ1) is 8.70. The fraction of sp³-hybridized carbons (Fsp3) is 0.214. The second-order valence-corrected chi connectivity index (χ2v) is 3.98. The number of nitrogens with two attached hydrogens (primary N) is 1. The molecule has 94 valence electrons. The van der Waals surface area contributed by atoms with Crippen LogP contribution in [0.15, 0.2) is 36.4 Å². The molecule has 0 saturated carbocycles. The van der Waals surface area contributed by atoms with Gasteiger partial charge in [0.15, 0.2) is 0 Å². The highest BCUT2D eigenvalue weighted by molar-refractivity contribution is 5.25. The lowest BCUT2D eigenvalue weighted by Crippen LogP contribution is -2.04. The number of hydrogen-bond acceptors (Lipinski definition) is 3. The highest BCUT2D eigenvalue weighted by Crippen LogP contribution is 2.14. The van der Waals surface area contributed by atoms with Crippen molar-refractivity contribution in [3.63, 3.8) is 0 Å². The van der Waals surface area contributed by atoms with E-state index in [1.54, 1.807) is 24.3 Å². The van der Waals surface area contributed by atoms with Crippen molar-refractivity contribution in [1.29, 1.82) is 0 Å². The van der Waals surface area contributed by atoms with Crippen LogP contribution in [0.5, 0.6) is 5.88 Å². The second-order valence-electron chi connectivity index (χ2n) is 3.98. The van der Waals surface area contributed by atoms with Crippen molar-refractivity contribution in [3.8, 4) is 5.88 Å². The van der Waals surface area contributed by atoms with Gasteiger partial charge in [0.2, 0.25) is 5.88 Å². The van der Waals surface area contributed by atoms with Gasteiger partial charge in [-0.2, -0.15) is 0 Å². The molecular formula is C14H15FN2O. The third-order valence-electron chi connectivity index (χ3n) is 2.72. The molecule has 0 fully saturated rings. The van der Waals surface area contributed by atoms with E-state index in [-0.39, 0.29) is 12.4 Å². The van der Waals surface area contributed by atoms with Gasteiger partial charge in [-0.05, 0) is 18.6 Å². The second kappa shape index (κ2) is 5.60. The SMILES string of the molecule is Cc1nc(OCc2ccccc2F)ccc1CN. The van der Waals surface area contributed by atoms with Gasteiger partial charge in [-0.15, -0.1) is 0 Å². The Morgan fingerprint density at radius 2 is 1.94 bits per heavy atom. The normalized spacial score (nSPS) is 10.4. The topological polar surface area (TPSA) is 48.1 Å². The molecule has 0 bridgehead atoms. The maximum atomic E-state index is 13.4. The van der Waals surface area contributed by atoms with Crippen LogP contribution in [0.25, 0.3) is 0 Å². The maximum absolute atomic E-state index is 13.4. The number of hydrogen-bond donors (Lipinski definition) is 1. The van der Waals surface area contributed by atoms with E-state index in [4.69, 9.17) is 10.5 Å².